The summed E-state index contributed by atoms with van der Waals surface area (Å²) in [5.41, 5.74) is 3.20. The fourth-order valence-corrected chi connectivity index (χ4v) is 3.85. The summed E-state index contributed by atoms with van der Waals surface area (Å²) in [5, 5.41) is 10.3. The van der Waals surface area contributed by atoms with Crippen molar-refractivity contribution in [1.29, 1.82) is 0 Å². The van der Waals surface area contributed by atoms with Crippen molar-refractivity contribution < 1.29 is 5.11 Å². The maximum absolute atomic E-state index is 9.57. The van der Waals surface area contributed by atoms with Crippen LogP contribution in [0.4, 0.5) is 5.95 Å². The van der Waals surface area contributed by atoms with E-state index >= 15 is 0 Å². The van der Waals surface area contributed by atoms with Crippen molar-refractivity contribution in [1.82, 2.24) is 9.55 Å². The lowest BCUT2D eigenvalue weighted by Gasteiger charge is -2.33. The molecular weight excluding hydrogens is 334 g/mol. The Kier molecular flexibility index (Phi) is 4.64. The second-order valence-corrected chi connectivity index (χ2v) is 7.12. The lowest BCUT2D eigenvalue weighted by Crippen LogP contribution is -2.38. The fraction of sp³-hybridized carbons (Fsp3) is 0.350. The smallest absolute Gasteiger partial charge is 0.206 e. The van der Waals surface area contributed by atoms with Crippen LogP contribution in [0.25, 0.3) is 11.0 Å². The van der Waals surface area contributed by atoms with Crippen LogP contribution in [-0.2, 0) is 6.54 Å². The SMILES string of the molecule is OC[C@H]1CCCN(c2nc3ccccc3n2Cc2ccccc2Cl)C1. The predicted molar refractivity (Wildman–Crippen MR) is 102 cm³/mol. The molecular formula is C20H22ClN3O. The number of halogens is 1. The second-order valence-electron chi connectivity index (χ2n) is 6.71. The van der Waals surface area contributed by atoms with E-state index in [2.05, 4.69) is 27.7 Å². The maximum atomic E-state index is 9.57. The molecule has 0 bridgehead atoms. The topological polar surface area (TPSA) is 41.3 Å². The normalized spacial score (nSPS) is 18.0. The Bertz CT molecular complexity index is 876. The number of hydrogen-bond donors (Lipinski definition) is 1. The van der Waals surface area contributed by atoms with Gasteiger partial charge in [-0.2, -0.15) is 0 Å². The van der Waals surface area contributed by atoms with E-state index < -0.39 is 0 Å². The molecule has 1 atom stereocenters. The van der Waals surface area contributed by atoms with E-state index in [-0.39, 0.29) is 6.61 Å². The summed E-state index contributed by atoms with van der Waals surface area (Å²) in [6, 6.07) is 16.2. The average molecular weight is 356 g/mol. The second kappa shape index (κ2) is 7.06. The average Bonchev–Trinajstić information content (AvgIpc) is 3.02. The van der Waals surface area contributed by atoms with Crippen molar-refractivity contribution >= 4 is 28.6 Å². The van der Waals surface area contributed by atoms with Gasteiger partial charge in [0.05, 0.1) is 17.6 Å². The molecule has 0 amide bonds. The number of nitrogens with zero attached hydrogens (tertiary/aromatic N) is 3. The molecule has 0 aliphatic carbocycles. The largest absolute Gasteiger partial charge is 0.396 e. The van der Waals surface area contributed by atoms with Gasteiger partial charge in [-0.3, -0.25) is 0 Å². The van der Waals surface area contributed by atoms with Crippen LogP contribution in [0.15, 0.2) is 48.5 Å². The summed E-state index contributed by atoms with van der Waals surface area (Å²) in [6.07, 6.45) is 2.16. The molecule has 1 aliphatic rings. The van der Waals surface area contributed by atoms with Crippen molar-refractivity contribution in [3.05, 3.63) is 59.1 Å². The highest BCUT2D eigenvalue weighted by molar-refractivity contribution is 6.31. The minimum absolute atomic E-state index is 0.237. The molecule has 4 nitrogen and oxygen atoms in total. The summed E-state index contributed by atoms with van der Waals surface area (Å²) in [5.74, 6) is 1.29. The first kappa shape index (κ1) is 16.4. The van der Waals surface area contributed by atoms with E-state index in [0.717, 1.165) is 53.5 Å². The third-order valence-corrected chi connectivity index (χ3v) is 5.35. The molecule has 1 N–H and O–H groups in total. The van der Waals surface area contributed by atoms with Crippen LogP contribution in [0.2, 0.25) is 5.02 Å². The van der Waals surface area contributed by atoms with Crippen molar-refractivity contribution in [2.75, 3.05) is 24.6 Å². The zero-order valence-corrected chi connectivity index (χ0v) is 14.9. The molecule has 3 aromatic rings. The van der Waals surface area contributed by atoms with Gasteiger partial charge in [0.2, 0.25) is 5.95 Å². The van der Waals surface area contributed by atoms with E-state index in [0.29, 0.717) is 12.5 Å². The molecule has 5 heteroatoms. The van der Waals surface area contributed by atoms with Crippen molar-refractivity contribution in [2.45, 2.75) is 19.4 Å². The zero-order chi connectivity index (χ0) is 17.2. The van der Waals surface area contributed by atoms with Gasteiger partial charge in [-0.15, -0.1) is 0 Å². The summed E-state index contributed by atoms with van der Waals surface area (Å²) in [4.78, 5) is 7.20. The van der Waals surface area contributed by atoms with E-state index in [1.807, 2.05) is 30.3 Å². The molecule has 0 radical (unpaired) electrons. The van der Waals surface area contributed by atoms with Crippen LogP contribution in [0.3, 0.4) is 0 Å². The van der Waals surface area contributed by atoms with Crippen LogP contribution in [0, 0.1) is 5.92 Å². The molecule has 1 fully saturated rings. The first-order valence-electron chi connectivity index (χ1n) is 8.80. The number of aromatic nitrogens is 2. The Morgan fingerprint density at radius 3 is 2.76 bits per heavy atom. The number of fused-ring (bicyclic) bond motifs is 1. The summed E-state index contributed by atoms with van der Waals surface area (Å²) < 4.78 is 2.25. The Labute approximate surface area is 152 Å². The van der Waals surface area contributed by atoms with E-state index in [9.17, 15) is 5.11 Å². The molecule has 130 valence electrons. The lowest BCUT2D eigenvalue weighted by molar-refractivity contribution is 0.208. The molecule has 2 heterocycles. The van der Waals surface area contributed by atoms with Gasteiger partial charge >= 0.3 is 0 Å². The number of piperidine rings is 1. The van der Waals surface area contributed by atoms with Gasteiger partial charge in [0.15, 0.2) is 0 Å². The van der Waals surface area contributed by atoms with Crippen molar-refractivity contribution in [3.63, 3.8) is 0 Å². The molecule has 2 aromatic carbocycles. The number of anilines is 1. The molecule has 0 unspecified atom stereocenters. The maximum Gasteiger partial charge on any atom is 0.206 e. The summed E-state index contributed by atoms with van der Waals surface area (Å²) in [7, 11) is 0. The highest BCUT2D eigenvalue weighted by atomic mass is 35.5. The Balaban J connectivity index is 1.77. The van der Waals surface area contributed by atoms with Gasteiger partial charge in [0, 0.05) is 24.7 Å². The van der Waals surface area contributed by atoms with Crippen LogP contribution >= 0.6 is 11.6 Å². The molecule has 1 aliphatic heterocycles. The van der Waals surface area contributed by atoms with E-state index in [4.69, 9.17) is 16.6 Å². The van der Waals surface area contributed by atoms with Crippen molar-refractivity contribution in [3.8, 4) is 0 Å². The number of rotatable bonds is 4. The summed E-state index contributed by atoms with van der Waals surface area (Å²) >= 11 is 6.40. The number of para-hydroxylation sites is 2. The fourth-order valence-electron chi connectivity index (χ4n) is 3.65. The summed E-state index contributed by atoms with van der Waals surface area (Å²) in [6.45, 7) is 2.75. The highest BCUT2D eigenvalue weighted by Gasteiger charge is 2.24. The number of imidazole rings is 1. The molecule has 0 spiro atoms. The number of benzene rings is 2. The van der Waals surface area contributed by atoms with Gasteiger partial charge in [0.1, 0.15) is 0 Å². The molecule has 1 saturated heterocycles. The monoisotopic (exact) mass is 355 g/mol. The minimum Gasteiger partial charge on any atom is -0.396 e. The van der Waals surface area contributed by atoms with Gasteiger partial charge < -0.3 is 14.6 Å². The third kappa shape index (κ3) is 3.24. The zero-order valence-electron chi connectivity index (χ0n) is 14.1. The predicted octanol–water partition coefficient (Wildman–Crippen LogP) is 3.95. The van der Waals surface area contributed by atoms with Crippen LogP contribution in [0.5, 0.6) is 0 Å². The van der Waals surface area contributed by atoms with Crippen LogP contribution in [0.1, 0.15) is 18.4 Å². The highest BCUT2D eigenvalue weighted by Crippen LogP contribution is 2.29. The molecule has 0 saturated carbocycles. The number of aliphatic hydroxyl groups is 1. The number of hydrogen-bond acceptors (Lipinski definition) is 3. The minimum atomic E-state index is 0.237. The standard InChI is InChI=1S/C20H22ClN3O/c21-17-8-2-1-7-16(17)13-24-19-10-4-3-9-18(19)22-20(24)23-11-5-6-15(12-23)14-25/h1-4,7-10,15,25H,5-6,11-14H2/t15-/m0/s1. The molecule has 1 aromatic heterocycles. The third-order valence-electron chi connectivity index (χ3n) is 4.98. The quantitative estimate of drug-likeness (QED) is 0.770. The Morgan fingerprint density at radius 1 is 1.12 bits per heavy atom. The van der Waals surface area contributed by atoms with Crippen molar-refractivity contribution in [2.24, 2.45) is 5.92 Å². The van der Waals surface area contributed by atoms with Gasteiger partial charge in [-0.05, 0) is 42.5 Å². The van der Waals surface area contributed by atoms with Crippen LogP contribution < -0.4 is 4.90 Å². The van der Waals surface area contributed by atoms with Gasteiger partial charge in [-0.1, -0.05) is 41.9 Å². The lowest BCUT2D eigenvalue weighted by atomic mass is 9.99. The van der Waals surface area contributed by atoms with Gasteiger partial charge in [-0.25, -0.2) is 4.98 Å². The Hall–Kier alpha value is -2.04. The van der Waals surface area contributed by atoms with E-state index in [1.165, 1.54) is 0 Å². The van der Waals surface area contributed by atoms with E-state index in [1.54, 1.807) is 0 Å². The number of aliphatic hydroxyl groups excluding tert-OH is 1. The Morgan fingerprint density at radius 2 is 1.92 bits per heavy atom. The van der Waals surface area contributed by atoms with Gasteiger partial charge in [0.25, 0.3) is 0 Å². The molecule has 4 rings (SSSR count). The molecule has 25 heavy (non-hydrogen) atoms. The first-order valence-corrected chi connectivity index (χ1v) is 9.18. The van der Waals surface area contributed by atoms with Crippen LogP contribution in [-0.4, -0.2) is 34.4 Å². The first-order chi connectivity index (χ1) is 12.3.